The Balaban J connectivity index is 2.21. The van der Waals surface area contributed by atoms with Gasteiger partial charge in [0.25, 0.3) is 0 Å². The van der Waals surface area contributed by atoms with Crippen molar-refractivity contribution in [1.82, 2.24) is 4.90 Å². The summed E-state index contributed by atoms with van der Waals surface area (Å²) in [5, 5.41) is 9.03. The summed E-state index contributed by atoms with van der Waals surface area (Å²) in [4.78, 5) is 24.0. The second kappa shape index (κ2) is 5.06. The standard InChI is InChI=1S/C12H11BrFNO3/c13-9-5-8(14)2-1-7(9)6-15-10(12(17)18)3-4-11(15)16/h1-2,5,10H,3-4,6H2,(H,17,18). The second-order valence-corrected chi connectivity index (χ2v) is 5.00. The smallest absolute Gasteiger partial charge is 0.326 e. The molecule has 0 radical (unpaired) electrons. The molecular formula is C12H11BrFNO3. The Morgan fingerprint density at radius 3 is 2.89 bits per heavy atom. The first-order chi connectivity index (χ1) is 8.49. The van der Waals surface area contributed by atoms with Gasteiger partial charge < -0.3 is 10.0 Å². The minimum absolute atomic E-state index is 0.177. The Kier molecular flexibility index (Phi) is 3.65. The van der Waals surface area contributed by atoms with E-state index in [4.69, 9.17) is 5.11 Å². The van der Waals surface area contributed by atoms with E-state index in [9.17, 15) is 14.0 Å². The molecular weight excluding hydrogens is 305 g/mol. The van der Waals surface area contributed by atoms with Gasteiger partial charge in [0.2, 0.25) is 5.91 Å². The van der Waals surface area contributed by atoms with E-state index < -0.39 is 12.0 Å². The molecule has 1 unspecified atom stereocenters. The summed E-state index contributed by atoms with van der Waals surface area (Å²) in [5.41, 5.74) is 0.693. The highest BCUT2D eigenvalue weighted by Gasteiger charge is 2.36. The third-order valence-corrected chi connectivity index (χ3v) is 3.71. The van der Waals surface area contributed by atoms with Crippen LogP contribution >= 0.6 is 15.9 Å². The number of carboxylic acids is 1. The molecule has 1 aromatic rings. The van der Waals surface area contributed by atoms with Crippen molar-refractivity contribution in [3.63, 3.8) is 0 Å². The fourth-order valence-electron chi connectivity index (χ4n) is 2.02. The number of carbonyl (C=O) groups excluding carboxylic acids is 1. The van der Waals surface area contributed by atoms with E-state index in [1.165, 1.54) is 17.0 Å². The highest BCUT2D eigenvalue weighted by atomic mass is 79.9. The summed E-state index contributed by atoms with van der Waals surface area (Å²) in [6.45, 7) is 0.177. The van der Waals surface area contributed by atoms with Gasteiger partial charge in [0.1, 0.15) is 11.9 Å². The molecule has 0 saturated carbocycles. The quantitative estimate of drug-likeness (QED) is 0.930. The summed E-state index contributed by atoms with van der Waals surface area (Å²) in [7, 11) is 0. The Morgan fingerprint density at radius 2 is 2.28 bits per heavy atom. The summed E-state index contributed by atoms with van der Waals surface area (Å²) in [6.07, 6.45) is 0.572. The molecule has 1 atom stereocenters. The second-order valence-electron chi connectivity index (χ2n) is 4.15. The third-order valence-electron chi connectivity index (χ3n) is 2.97. The Labute approximate surface area is 112 Å². The normalized spacial score (nSPS) is 19.3. The lowest BCUT2D eigenvalue weighted by Crippen LogP contribution is -2.37. The summed E-state index contributed by atoms with van der Waals surface area (Å²) >= 11 is 3.21. The molecule has 0 aliphatic carbocycles. The highest BCUT2D eigenvalue weighted by molar-refractivity contribution is 9.10. The minimum atomic E-state index is -1.00. The number of hydrogen-bond acceptors (Lipinski definition) is 2. The molecule has 0 spiro atoms. The van der Waals surface area contributed by atoms with Crippen molar-refractivity contribution in [2.75, 3.05) is 0 Å². The number of likely N-dealkylation sites (tertiary alicyclic amines) is 1. The number of aliphatic carboxylic acids is 1. The fraction of sp³-hybridized carbons (Fsp3) is 0.333. The van der Waals surface area contributed by atoms with Crippen molar-refractivity contribution in [3.05, 3.63) is 34.1 Å². The molecule has 96 valence electrons. The van der Waals surface area contributed by atoms with Gasteiger partial charge >= 0.3 is 5.97 Å². The van der Waals surface area contributed by atoms with Gasteiger partial charge in [-0.3, -0.25) is 4.79 Å². The van der Waals surface area contributed by atoms with Gasteiger partial charge in [-0.25, -0.2) is 9.18 Å². The van der Waals surface area contributed by atoms with Crippen molar-refractivity contribution in [2.24, 2.45) is 0 Å². The van der Waals surface area contributed by atoms with Crippen LogP contribution in [0, 0.1) is 5.82 Å². The van der Waals surface area contributed by atoms with E-state index in [0.29, 0.717) is 16.5 Å². The molecule has 1 amide bonds. The van der Waals surface area contributed by atoms with Gasteiger partial charge in [-0.05, 0) is 24.1 Å². The fourth-order valence-corrected chi connectivity index (χ4v) is 2.50. The van der Waals surface area contributed by atoms with Crippen molar-refractivity contribution >= 4 is 27.8 Å². The molecule has 1 aromatic carbocycles. The van der Waals surface area contributed by atoms with E-state index in [2.05, 4.69) is 15.9 Å². The minimum Gasteiger partial charge on any atom is -0.480 e. The van der Waals surface area contributed by atoms with E-state index in [1.807, 2.05) is 0 Å². The molecule has 0 aromatic heterocycles. The predicted octanol–water partition coefficient (Wildman–Crippen LogP) is 2.16. The van der Waals surface area contributed by atoms with Crippen LogP contribution in [-0.2, 0) is 16.1 Å². The van der Waals surface area contributed by atoms with Gasteiger partial charge in [0.05, 0.1) is 0 Å². The maximum Gasteiger partial charge on any atom is 0.326 e. The number of hydrogen-bond donors (Lipinski definition) is 1. The van der Waals surface area contributed by atoms with E-state index >= 15 is 0 Å². The zero-order valence-corrected chi connectivity index (χ0v) is 11.0. The molecule has 18 heavy (non-hydrogen) atoms. The molecule has 1 aliphatic heterocycles. The van der Waals surface area contributed by atoms with Crippen LogP contribution in [0.4, 0.5) is 4.39 Å². The van der Waals surface area contributed by atoms with Crippen LogP contribution in [0.1, 0.15) is 18.4 Å². The molecule has 2 rings (SSSR count). The number of rotatable bonds is 3. The first-order valence-corrected chi connectivity index (χ1v) is 6.24. The molecule has 6 heteroatoms. The largest absolute Gasteiger partial charge is 0.480 e. The topological polar surface area (TPSA) is 57.6 Å². The molecule has 1 saturated heterocycles. The van der Waals surface area contributed by atoms with Gasteiger partial charge in [-0.2, -0.15) is 0 Å². The van der Waals surface area contributed by atoms with Gasteiger partial charge in [-0.15, -0.1) is 0 Å². The Hall–Kier alpha value is -1.43. The lowest BCUT2D eigenvalue weighted by molar-refractivity contribution is -0.146. The van der Waals surface area contributed by atoms with Crippen LogP contribution in [0.2, 0.25) is 0 Å². The number of benzene rings is 1. The summed E-state index contributed by atoms with van der Waals surface area (Å²) in [6, 6.07) is 3.35. The lowest BCUT2D eigenvalue weighted by Gasteiger charge is -2.22. The van der Waals surface area contributed by atoms with Crippen LogP contribution in [-0.4, -0.2) is 27.9 Å². The molecule has 1 heterocycles. The van der Waals surface area contributed by atoms with E-state index in [1.54, 1.807) is 6.07 Å². The van der Waals surface area contributed by atoms with Crippen LogP contribution < -0.4 is 0 Å². The SMILES string of the molecule is O=C(O)C1CCC(=O)N1Cc1ccc(F)cc1Br. The zero-order chi connectivity index (χ0) is 13.3. The van der Waals surface area contributed by atoms with Gasteiger partial charge in [0.15, 0.2) is 0 Å². The number of amides is 1. The first kappa shape index (κ1) is 13.0. The number of nitrogens with zero attached hydrogens (tertiary/aromatic N) is 1. The third kappa shape index (κ3) is 2.53. The van der Waals surface area contributed by atoms with Crippen molar-refractivity contribution in [3.8, 4) is 0 Å². The molecule has 0 bridgehead atoms. The summed E-state index contributed by atoms with van der Waals surface area (Å²) < 4.78 is 13.5. The lowest BCUT2D eigenvalue weighted by atomic mass is 10.2. The molecule has 1 fully saturated rings. The highest BCUT2D eigenvalue weighted by Crippen LogP contribution is 2.25. The predicted molar refractivity (Wildman–Crippen MR) is 65.3 cm³/mol. The summed E-state index contributed by atoms with van der Waals surface area (Å²) in [5.74, 6) is -1.56. The zero-order valence-electron chi connectivity index (χ0n) is 9.40. The number of carboxylic acid groups (broad SMARTS) is 1. The van der Waals surface area contributed by atoms with Crippen LogP contribution in [0.15, 0.2) is 22.7 Å². The molecule has 1 N–H and O–H groups in total. The maximum absolute atomic E-state index is 12.9. The van der Waals surface area contributed by atoms with E-state index in [-0.39, 0.29) is 24.7 Å². The van der Waals surface area contributed by atoms with E-state index in [0.717, 1.165) is 0 Å². The molecule has 1 aliphatic rings. The average molecular weight is 316 g/mol. The van der Waals surface area contributed by atoms with Crippen LogP contribution in [0.5, 0.6) is 0 Å². The monoisotopic (exact) mass is 315 g/mol. The Bertz CT molecular complexity index is 506. The molecule has 4 nitrogen and oxygen atoms in total. The van der Waals surface area contributed by atoms with Crippen molar-refractivity contribution in [1.29, 1.82) is 0 Å². The van der Waals surface area contributed by atoms with Crippen molar-refractivity contribution < 1.29 is 19.1 Å². The van der Waals surface area contributed by atoms with Crippen LogP contribution in [0.3, 0.4) is 0 Å². The number of halogens is 2. The van der Waals surface area contributed by atoms with Gasteiger partial charge in [-0.1, -0.05) is 22.0 Å². The number of carbonyl (C=O) groups is 2. The maximum atomic E-state index is 12.9. The average Bonchev–Trinajstić information content (AvgIpc) is 2.64. The van der Waals surface area contributed by atoms with Gasteiger partial charge in [0, 0.05) is 17.4 Å². The first-order valence-electron chi connectivity index (χ1n) is 5.45. The Morgan fingerprint density at radius 1 is 1.56 bits per heavy atom. The van der Waals surface area contributed by atoms with Crippen LogP contribution in [0.25, 0.3) is 0 Å². The van der Waals surface area contributed by atoms with Crippen molar-refractivity contribution in [2.45, 2.75) is 25.4 Å².